The highest BCUT2D eigenvalue weighted by Gasteiger charge is 2.41. The van der Waals surface area contributed by atoms with E-state index >= 15 is 0 Å². The molecular weight excluding hydrogens is 362 g/mol. The highest BCUT2D eigenvalue weighted by molar-refractivity contribution is 7.89. The van der Waals surface area contributed by atoms with E-state index in [-0.39, 0.29) is 15.7 Å². The molecule has 0 saturated carbocycles. The zero-order valence-electron chi connectivity index (χ0n) is 13.3. The number of ether oxygens (including phenoxy) is 1. The van der Waals surface area contributed by atoms with E-state index in [1.165, 1.54) is 17.5 Å². The van der Waals surface area contributed by atoms with Crippen molar-refractivity contribution >= 4 is 38.4 Å². The summed E-state index contributed by atoms with van der Waals surface area (Å²) in [7, 11) is -2.48. The van der Waals surface area contributed by atoms with Crippen LogP contribution in [0.15, 0.2) is 40.6 Å². The lowest BCUT2D eigenvalue weighted by molar-refractivity contribution is 0.0602. The number of aromatic nitrogens is 2. The fourth-order valence-electron chi connectivity index (χ4n) is 2.85. The van der Waals surface area contributed by atoms with Gasteiger partial charge in [0.1, 0.15) is 15.6 Å². The van der Waals surface area contributed by atoms with Gasteiger partial charge in [-0.3, -0.25) is 0 Å². The number of H-pyrrole nitrogens is 1. The average molecular weight is 377 g/mol. The molecule has 1 aliphatic rings. The number of carbonyl (C=O) groups excluding carboxylic acids is 1. The van der Waals surface area contributed by atoms with E-state index < -0.39 is 16.0 Å². The second-order valence-corrected chi connectivity index (χ2v) is 8.59. The van der Waals surface area contributed by atoms with Crippen molar-refractivity contribution in [1.82, 2.24) is 14.3 Å². The Hall–Kier alpha value is -2.23. The molecule has 0 spiro atoms. The first-order chi connectivity index (χ1) is 12.0. The van der Waals surface area contributed by atoms with Gasteiger partial charge in [-0.2, -0.15) is 4.31 Å². The van der Waals surface area contributed by atoms with Crippen molar-refractivity contribution in [3.63, 3.8) is 0 Å². The Bertz CT molecular complexity index is 1020. The number of hydrogen-bond donors (Lipinski definition) is 1. The molecule has 0 atom stereocenters. The standard InChI is InChI=1S/C16H15N3O4S2/c1-23-16(20)14-13(6-7-24-14)25(21,22)19-8-10(9-19)15-17-11-4-2-3-5-12(11)18-15/h2-7,10H,8-9H2,1H3,(H,17,18). The van der Waals surface area contributed by atoms with Crippen LogP contribution in [0.5, 0.6) is 0 Å². The Morgan fingerprint density at radius 3 is 2.80 bits per heavy atom. The largest absolute Gasteiger partial charge is 0.465 e. The summed E-state index contributed by atoms with van der Waals surface area (Å²) in [4.78, 5) is 19.6. The molecule has 7 nitrogen and oxygen atoms in total. The van der Waals surface area contributed by atoms with Crippen LogP contribution in [0.25, 0.3) is 11.0 Å². The zero-order chi connectivity index (χ0) is 17.6. The van der Waals surface area contributed by atoms with Gasteiger partial charge in [-0.05, 0) is 23.6 Å². The SMILES string of the molecule is COC(=O)c1sccc1S(=O)(=O)N1CC(c2nc3ccccc3[nH]2)C1. The minimum Gasteiger partial charge on any atom is -0.465 e. The molecule has 9 heteroatoms. The predicted molar refractivity (Wildman–Crippen MR) is 93.3 cm³/mol. The van der Waals surface area contributed by atoms with Gasteiger partial charge in [0.25, 0.3) is 0 Å². The molecule has 1 fully saturated rings. The molecule has 3 aromatic rings. The normalized spacial score (nSPS) is 16.0. The van der Waals surface area contributed by atoms with Gasteiger partial charge in [0.05, 0.1) is 18.1 Å². The Balaban J connectivity index is 1.55. The van der Waals surface area contributed by atoms with Crippen LogP contribution in [0, 0.1) is 0 Å². The Labute approximate surface area is 148 Å². The number of rotatable bonds is 4. The van der Waals surface area contributed by atoms with Crippen molar-refractivity contribution in [2.24, 2.45) is 0 Å². The first-order valence-electron chi connectivity index (χ1n) is 7.61. The van der Waals surface area contributed by atoms with Crippen LogP contribution in [0.2, 0.25) is 0 Å². The number of hydrogen-bond acceptors (Lipinski definition) is 6. The number of methoxy groups -OCH3 is 1. The molecule has 25 heavy (non-hydrogen) atoms. The second kappa shape index (κ2) is 5.94. The number of imidazole rings is 1. The molecule has 0 aliphatic carbocycles. The van der Waals surface area contributed by atoms with E-state index in [2.05, 4.69) is 14.7 Å². The number of thiophene rings is 1. The lowest BCUT2D eigenvalue weighted by Crippen LogP contribution is -2.48. The quantitative estimate of drug-likeness (QED) is 0.704. The summed E-state index contributed by atoms with van der Waals surface area (Å²) in [6.07, 6.45) is 0. The van der Waals surface area contributed by atoms with Crippen LogP contribution in [0.1, 0.15) is 21.4 Å². The number of esters is 1. The summed E-state index contributed by atoms with van der Waals surface area (Å²) in [5, 5.41) is 1.58. The van der Waals surface area contributed by atoms with Crippen molar-refractivity contribution in [3.05, 3.63) is 46.4 Å². The van der Waals surface area contributed by atoms with Gasteiger partial charge in [-0.25, -0.2) is 18.2 Å². The van der Waals surface area contributed by atoms with Crippen molar-refractivity contribution in [2.45, 2.75) is 10.8 Å². The van der Waals surface area contributed by atoms with Crippen molar-refractivity contribution in [2.75, 3.05) is 20.2 Å². The van der Waals surface area contributed by atoms with E-state index in [0.29, 0.717) is 13.1 Å². The highest BCUT2D eigenvalue weighted by Crippen LogP contribution is 2.34. The molecule has 4 rings (SSSR count). The molecule has 3 heterocycles. The number of carbonyl (C=O) groups is 1. The molecule has 1 aliphatic heterocycles. The number of sulfonamides is 1. The monoisotopic (exact) mass is 377 g/mol. The maximum atomic E-state index is 12.8. The molecule has 1 aromatic carbocycles. The molecular formula is C16H15N3O4S2. The van der Waals surface area contributed by atoms with Crippen LogP contribution in [0.3, 0.4) is 0 Å². The van der Waals surface area contributed by atoms with Gasteiger partial charge >= 0.3 is 5.97 Å². The smallest absolute Gasteiger partial charge is 0.349 e. The number of aromatic amines is 1. The maximum absolute atomic E-state index is 12.8. The van der Waals surface area contributed by atoms with Crippen LogP contribution in [-0.2, 0) is 14.8 Å². The van der Waals surface area contributed by atoms with E-state index in [9.17, 15) is 13.2 Å². The van der Waals surface area contributed by atoms with E-state index in [1.807, 2.05) is 24.3 Å². The summed E-state index contributed by atoms with van der Waals surface area (Å²) < 4.78 is 31.5. The minimum absolute atomic E-state index is 0.00686. The summed E-state index contributed by atoms with van der Waals surface area (Å²) >= 11 is 1.06. The van der Waals surface area contributed by atoms with Gasteiger partial charge in [0.15, 0.2) is 0 Å². The predicted octanol–water partition coefficient (Wildman–Crippen LogP) is 2.20. The first kappa shape index (κ1) is 16.2. The Morgan fingerprint density at radius 1 is 1.32 bits per heavy atom. The third-order valence-electron chi connectivity index (χ3n) is 4.26. The number of nitrogens with zero attached hydrogens (tertiary/aromatic N) is 2. The second-order valence-electron chi connectivity index (χ2n) is 5.76. The molecule has 130 valence electrons. The molecule has 0 amide bonds. The minimum atomic E-state index is -3.71. The van der Waals surface area contributed by atoms with Crippen LogP contribution < -0.4 is 0 Å². The number of nitrogens with one attached hydrogen (secondary N) is 1. The summed E-state index contributed by atoms with van der Waals surface area (Å²) in [6, 6.07) is 9.13. The Kier molecular flexibility index (Phi) is 3.86. The molecule has 2 aromatic heterocycles. The van der Waals surface area contributed by atoms with Gasteiger partial charge < -0.3 is 9.72 Å². The van der Waals surface area contributed by atoms with Crippen molar-refractivity contribution < 1.29 is 17.9 Å². The van der Waals surface area contributed by atoms with Crippen molar-refractivity contribution in [1.29, 1.82) is 0 Å². The van der Waals surface area contributed by atoms with Gasteiger partial charge in [-0.1, -0.05) is 12.1 Å². The van der Waals surface area contributed by atoms with Gasteiger partial charge in [0.2, 0.25) is 10.0 Å². The third kappa shape index (κ3) is 2.64. The average Bonchev–Trinajstić information content (AvgIpc) is 3.19. The summed E-state index contributed by atoms with van der Waals surface area (Å²) in [5.74, 6) is 0.163. The van der Waals surface area contributed by atoms with Crippen molar-refractivity contribution in [3.8, 4) is 0 Å². The first-order valence-corrected chi connectivity index (χ1v) is 9.93. The summed E-state index contributed by atoms with van der Waals surface area (Å²) in [5.41, 5.74) is 1.80. The lowest BCUT2D eigenvalue weighted by Gasteiger charge is -2.36. The van der Waals surface area contributed by atoms with Crippen LogP contribution in [-0.4, -0.2) is 48.9 Å². The molecule has 0 unspecified atom stereocenters. The number of para-hydroxylation sites is 2. The summed E-state index contributed by atoms with van der Waals surface area (Å²) in [6.45, 7) is 0.664. The molecule has 1 saturated heterocycles. The third-order valence-corrected chi connectivity index (χ3v) is 7.16. The fourth-order valence-corrected chi connectivity index (χ4v) is 5.69. The fraction of sp³-hybridized carbons (Fsp3) is 0.250. The Morgan fingerprint density at radius 2 is 2.08 bits per heavy atom. The van der Waals surface area contributed by atoms with Crippen LogP contribution in [0.4, 0.5) is 0 Å². The van der Waals surface area contributed by atoms with E-state index in [4.69, 9.17) is 0 Å². The molecule has 0 bridgehead atoms. The van der Waals surface area contributed by atoms with Gasteiger partial charge in [0, 0.05) is 19.0 Å². The number of fused-ring (bicyclic) bond motifs is 1. The van der Waals surface area contributed by atoms with E-state index in [0.717, 1.165) is 28.2 Å². The molecule has 0 radical (unpaired) electrons. The topological polar surface area (TPSA) is 92.4 Å². The van der Waals surface area contributed by atoms with Crippen LogP contribution >= 0.6 is 11.3 Å². The maximum Gasteiger partial charge on any atom is 0.349 e. The van der Waals surface area contributed by atoms with E-state index in [1.54, 1.807) is 5.38 Å². The highest BCUT2D eigenvalue weighted by atomic mass is 32.2. The van der Waals surface area contributed by atoms with Gasteiger partial charge in [-0.15, -0.1) is 11.3 Å². The lowest BCUT2D eigenvalue weighted by atomic mass is 10.0. The molecule has 1 N–H and O–H groups in total. The zero-order valence-corrected chi connectivity index (χ0v) is 14.9. The number of benzene rings is 1.